The van der Waals surface area contributed by atoms with Gasteiger partial charge in [-0.15, -0.1) is 0 Å². The Morgan fingerprint density at radius 2 is 1.88 bits per heavy atom. The Kier molecular flexibility index (Phi) is 5.53. The van der Waals surface area contributed by atoms with Crippen LogP contribution in [0.25, 0.3) is 5.69 Å². The van der Waals surface area contributed by atoms with Crippen LogP contribution in [-0.2, 0) is 11.4 Å². The largest absolute Gasteiger partial charge is 0.487 e. The maximum atomic E-state index is 12.7. The summed E-state index contributed by atoms with van der Waals surface area (Å²) < 4.78 is 7.59. The molecule has 0 saturated heterocycles. The second-order valence-electron chi connectivity index (χ2n) is 5.67. The molecule has 0 spiro atoms. The topological polar surface area (TPSA) is 60.3 Å². The van der Waals surface area contributed by atoms with Crippen molar-refractivity contribution in [2.45, 2.75) is 13.5 Å². The van der Waals surface area contributed by atoms with E-state index in [1.165, 1.54) is 11.5 Å². The van der Waals surface area contributed by atoms with Crippen LogP contribution >= 0.6 is 15.9 Å². The molecule has 5 nitrogen and oxygen atoms in total. The fourth-order valence-electron chi connectivity index (χ4n) is 2.48. The number of halogens is 1. The maximum absolute atomic E-state index is 12.7. The summed E-state index contributed by atoms with van der Waals surface area (Å²) in [5.41, 5.74) is 2.06. The number of amides is 1. The average Bonchev–Trinajstić information content (AvgIpc) is 2.63. The van der Waals surface area contributed by atoms with Gasteiger partial charge in [-0.25, -0.2) is 0 Å². The lowest BCUT2D eigenvalue weighted by Crippen LogP contribution is -2.19. The van der Waals surface area contributed by atoms with Crippen LogP contribution in [0.4, 0.5) is 5.69 Å². The van der Waals surface area contributed by atoms with Gasteiger partial charge in [0.25, 0.3) is 5.56 Å². The fraction of sp³-hybridized carbons (Fsp3) is 0.100. The number of benzene rings is 2. The quantitative estimate of drug-likeness (QED) is 0.684. The normalized spacial score (nSPS) is 10.4. The molecule has 0 aliphatic rings. The van der Waals surface area contributed by atoms with Crippen molar-refractivity contribution in [2.75, 3.05) is 5.32 Å². The predicted molar refractivity (Wildman–Crippen MR) is 105 cm³/mol. The summed E-state index contributed by atoms with van der Waals surface area (Å²) in [6.07, 6.45) is 1.65. The molecule has 132 valence electrons. The number of nitrogens with zero attached hydrogens (tertiary/aromatic N) is 1. The lowest BCUT2D eigenvalue weighted by atomic mass is 10.2. The summed E-state index contributed by atoms with van der Waals surface area (Å²) in [4.78, 5) is 23.9. The van der Waals surface area contributed by atoms with Gasteiger partial charge in [-0.05, 0) is 45.8 Å². The standard InChI is InChI=1S/C20H17BrN2O3/c1-14(24)22-16-8-5-9-17(12-16)23-11-10-18(19(21)20(23)25)26-13-15-6-3-2-4-7-15/h2-12H,13H2,1H3,(H,22,24). The first kappa shape index (κ1) is 17.9. The van der Waals surface area contributed by atoms with Gasteiger partial charge in [-0.2, -0.15) is 0 Å². The number of aromatic nitrogens is 1. The zero-order chi connectivity index (χ0) is 18.5. The Balaban J connectivity index is 1.86. The number of carbonyl (C=O) groups excluding carboxylic acids is 1. The first-order valence-electron chi connectivity index (χ1n) is 8.00. The van der Waals surface area contributed by atoms with Crippen molar-refractivity contribution in [3.05, 3.63) is 87.3 Å². The number of nitrogens with one attached hydrogen (secondary N) is 1. The Hall–Kier alpha value is -2.86. The van der Waals surface area contributed by atoms with Crippen molar-refractivity contribution in [1.82, 2.24) is 4.57 Å². The number of carbonyl (C=O) groups is 1. The summed E-state index contributed by atoms with van der Waals surface area (Å²) in [5, 5.41) is 2.71. The molecule has 0 radical (unpaired) electrons. The smallest absolute Gasteiger partial charge is 0.273 e. The minimum Gasteiger partial charge on any atom is -0.487 e. The maximum Gasteiger partial charge on any atom is 0.273 e. The van der Waals surface area contributed by atoms with Crippen molar-refractivity contribution < 1.29 is 9.53 Å². The minimum atomic E-state index is -0.240. The molecule has 3 rings (SSSR count). The molecule has 2 aromatic carbocycles. The second-order valence-corrected chi connectivity index (χ2v) is 6.47. The molecule has 6 heteroatoms. The van der Waals surface area contributed by atoms with Gasteiger partial charge in [0.2, 0.25) is 5.91 Å². The number of rotatable bonds is 5. The van der Waals surface area contributed by atoms with Gasteiger partial charge < -0.3 is 10.1 Å². The molecule has 3 aromatic rings. The molecule has 0 fully saturated rings. The van der Waals surface area contributed by atoms with Gasteiger partial charge in [0.05, 0.1) is 5.69 Å². The Morgan fingerprint density at radius 3 is 2.62 bits per heavy atom. The van der Waals surface area contributed by atoms with E-state index in [4.69, 9.17) is 4.74 Å². The third-order valence-electron chi connectivity index (χ3n) is 3.68. The summed E-state index contributed by atoms with van der Waals surface area (Å²) in [6.45, 7) is 1.81. The number of anilines is 1. The molecule has 1 heterocycles. The van der Waals surface area contributed by atoms with Crippen molar-refractivity contribution in [1.29, 1.82) is 0 Å². The van der Waals surface area contributed by atoms with Gasteiger partial charge in [0.1, 0.15) is 16.8 Å². The Bertz CT molecular complexity index is 984. The van der Waals surface area contributed by atoms with E-state index in [1.54, 1.807) is 36.5 Å². The highest BCUT2D eigenvalue weighted by Crippen LogP contribution is 2.23. The highest BCUT2D eigenvalue weighted by Gasteiger charge is 2.11. The molecule has 0 unspecified atom stereocenters. The number of hydrogen-bond donors (Lipinski definition) is 1. The lowest BCUT2D eigenvalue weighted by Gasteiger charge is -2.12. The van der Waals surface area contributed by atoms with E-state index < -0.39 is 0 Å². The van der Waals surface area contributed by atoms with E-state index in [0.29, 0.717) is 28.2 Å². The first-order chi connectivity index (χ1) is 12.5. The van der Waals surface area contributed by atoms with Crippen LogP contribution in [0, 0.1) is 0 Å². The van der Waals surface area contributed by atoms with Gasteiger partial charge in [-0.3, -0.25) is 14.2 Å². The molecule has 0 aliphatic heterocycles. The molecule has 1 amide bonds. The van der Waals surface area contributed by atoms with E-state index in [0.717, 1.165) is 5.56 Å². The molecule has 0 atom stereocenters. The van der Waals surface area contributed by atoms with Crippen molar-refractivity contribution >= 4 is 27.5 Å². The minimum absolute atomic E-state index is 0.166. The van der Waals surface area contributed by atoms with Crippen LogP contribution in [0.3, 0.4) is 0 Å². The first-order valence-corrected chi connectivity index (χ1v) is 8.80. The number of pyridine rings is 1. The molecule has 1 N–H and O–H groups in total. The summed E-state index contributed by atoms with van der Waals surface area (Å²) >= 11 is 3.33. The van der Waals surface area contributed by atoms with Gasteiger partial charge in [-0.1, -0.05) is 36.4 Å². The van der Waals surface area contributed by atoms with Crippen LogP contribution in [0.2, 0.25) is 0 Å². The third-order valence-corrected chi connectivity index (χ3v) is 4.41. The number of hydrogen-bond acceptors (Lipinski definition) is 3. The lowest BCUT2D eigenvalue weighted by molar-refractivity contribution is -0.114. The van der Waals surface area contributed by atoms with Crippen LogP contribution in [0.1, 0.15) is 12.5 Å². The van der Waals surface area contributed by atoms with Gasteiger partial charge >= 0.3 is 0 Å². The van der Waals surface area contributed by atoms with E-state index in [9.17, 15) is 9.59 Å². The van der Waals surface area contributed by atoms with Gasteiger partial charge in [0, 0.05) is 18.8 Å². The summed E-state index contributed by atoms with van der Waals surface area (Å²) in [5.74, 6) is 0.313. The zero-order valence-corrected chi connectivity index (χ0v) is 15.7. The van der Waals surface area contributed by atoms with Crippen LogP contribution in [0.5, 0.6) is 5.75 Å². The third kappa shape index (κ3) is 4.21. The van der Waals surface area contributed by atoms with E-state index >= 15 is 0 Å². The summed E-state index contributed by atoms with van der Waals surface area (Å²) in [6, 6.07) is 18.6. The fourth-order valence-corrected chi connectivity index (χ4v) is 2.92. The molecule has 0 aliphatic carbocycles. The Morgan fingerprint density at radius 1 is 1.12 bits per heavy atom. The van der Waals surface area contributed by atoms with E-state index in [1.807, 2.05) is 30.3 Å². The molecule has 1 aromatic heterocycles. The molecular formula is C20H17BrN2O3. The van der Waals surface area contributed by atoms with Crippen LogP contribution in [-0.4, -0.2) is 10.5 Å². The highest BCUT2D eigenvalue weighted by molar-refractivity contribution is 9.10. The average molecular weight is 413 g/mol. The predicted octanol–water partition coefficient (Wildman–Crippen LogP) is 4.14. The number of ether oxygens (including phenoxy) is 1. The van der Waals surface area contributed by atoms with Crippen molar-refractivity contribution in [2.24, 2.45) is 0 Å². The highest BCUT2D eigenvalue weighted by atomic mass is 79.9. The monoisotopic (exact) mass is 412 g/mol. The van der Waals surface area contributed by atoms with Crippen molar-refractivity contribution in [3.8, 4) is 11.4 Å². The van der Waals surface area contributed by atoms with E-state index in [2.05, 4.69) is 21.2 Å². The van der Waals surface area contributed by atoms with Crippen LogP contribution in [0.15, 0.2) is 76.1 Å². The Labute approximate surface area is 159 Å². The molecular weight excluding hydrogens is 396 g/mol. The molecule has 0 bridgehead atoms. The zero-order valence-electron chi connectivity index (χ0n) is 14.1. The molecule has 0 saturated carbocycles. The van der Waals surface area contributed by atoms with Gasteiger partial charge in [0.15, 0.2) is 0 Å². The second kappa shape index (κ2) is 8.01. The van der Waals surface area contributed by atoms with Crippen LogP contribution < -0.4 is 15.6 Å². The van der Waals surface area contributed by atoms with Crippen molar-refractivity contribution in [3.63, 3.8) is 0 Å². The summed E-state index contributed by atoms with van der Waals surface area (Å²) in [7, 11) is 0. The SMILES string of the molecule is CC(=O)Nc1cccc(-n2ccc(OCc3ccccc3)c(Br)c2=O)c1. The van der Waals surface area contributed by atoms with E-state index in [-0.39, 0.29) is 11.5 Å². The molecule has 26 heavy (non-hydrogen) atoms.